The molecule has 0 atom stereocenters. The number of hydrogen-bond acceptors (Lipinski definition) is 4. The summed E-state index contributed by atoms with van der Waals surface area (Å²) in [5.41, 5.74) is 2.76. The van der Waals surface area contributed by atoms with Crippen molar-refractivity contribution >= 4 is 54.3 Å². The zero-order valence-electron chi connectivity index (χ0n) is 13.9. The molecule has 3 aromatic rings. The smallest absolute Gasteiger partial charge is 0.308 e. The second kappa shape index (κ2) is 8.87. The molecule has 1 aromatic heterocycles. The van der Waals surface area contributed by atoms with Gasteiger partial charge in [0.1, 0.15) is 5.15 Å². The van der Waals surface area contributed by atoms with E-state index in [1.54, 1.807) is 12.1 Å². The molecule has 0 spiro atoms. The van der Waals surface area contributed by atoms with E-state index < -0.39 is 6.03 Å². The van der Waals surface area contributed by atoms with Crippen molar-refractivity contribution in [2.45, 2.75) is 9.79 Å². The molecule has 0 unspecified atom stereocenters. The molecule has 0 fully saturated rings. The molecule has 0 aliphatic heterocycles. The number of hydrogen-bond donors (Lipinski definition) is 4. The highest BCUT2D eigenvalue weighted by molar-refractivity contribution is 7.80. The lowest BCUT2D eigenvalue weighted by Crippen LogP contribution is -2.19. The summed E-state index contributed by atoms with van der Waals surface area (Å²) in [6.07, 6.45) is 1.47. The Kier molecular flexibility index (Phi) is 6.30. The molecule has 7 heteroatoms. The van der Waals surface area contributed by atoms with E-state index in [-0.39, 0.29) is 5.15 Å². The molecule has 0 saturated heterocycles. The molecule has 2 amide bonds. The third kappa shape index (κ3) is 5.69. The lowest BCUT2D eigenvalue weighted by atomic mass is 10.1. The van der Waals surface area contributed by atoms with Gasteiger partial charge < -0.3 is 10.6 Å². The summed E-state index contributed by atoms with van der Waals surface area (Å²) in [6, 6.07) is 16.0. The summed E-state index contributed by atoms with van der Waals surface area (Å²) in [4.78, 5) is 17.5. The fraction of sp³-hybridized carbons (Fsp3) is 0. The Morgan fingerprint density at radius 2 is 1.70 bits per heavy atom. The van der Waals surface area contributed by atoms with E-state index >= 15 is 0 Å². The Bertz CT molecular complexity index is 1040. The number of rotatable bonds is 2. The molecule has 0 saturated carbocycles. The first kappa shape index (κ1) is 19.2. The first-order valence-electron chi connectivity index (χ1n) is 7.83. The summed E-state index contributed by atoms with van der Waals surface area (Å²) < 4.78 is 0. The number of urea groups is 1. The standard InChI is InChI=1S/C20H14ClN3OS2/c21-19-11-17(18(27)12-22-19)24-20(25)23-15-3-1-2-14(10-15)5-4-13-6-8-16(26)9-7-13/h1-3,6-12,26-27H,(H2,22,23,24,25). The topological polar surface area (TPSA) is 54.0 Å². The quantitative estimate of drug-likeness (QED) is 0.261. The maximum atomic E-state index is 12.2. The lowest BCUT2D eigenvalue weighted by Gasteiger charge is -2.09. The van der Waals surface area contributed by atoms with Crippen LogP contribution >= 0.6 is 36.9 Å². The van der Waals surface area contributed by atoms with Crippen LogP contribution in [-0.2, 0) is 0 Å². The van der Waals surface area contributed by atoms with E-state index in [0.29, 0.717) is 16.3 Å². The Labute approximate surface area is 173 Å². The van der Waals surface area contributed by atoms with Crippen molar-refractivity contribution < 1.29 is 4.79 Å². The second-order valence-electron chi connectivity index (χ2n) is 5.48. The van der Waals surface area contributed by atoms with Crippen LogP contribution in [0, 0.1) is 11.8 Å². The van der Waals surface area contributed by atoms with Gasteiger partial charge in [0, 0.05) is 38.9 Å². The molecule has 3 rings (SSSR count). The van der Waals surface area contributed by atoms with Crippen LogP contribution in [0.15, 0.2) is 70.6 Å². The lowest BCUT2D eigenvalue weighted by molar-refractivity contribution is 0.262. The first-order chi connectivity index (χ1) is 13.0. The molecule has 134 valence electrons. The third-order valence-corrected chi connectivity index (χ3v) is 4.30. The number of aromatic nitrogens is 1. The average molecular weight is 412 g/mol. The van der Waals surface area contributed by atoms with Crippen molar-refractivity contribution in [2.24, 2.45) is 0 Å². The van der Waals surface area contributed by atoms with Crippen LogP contribution in [-0.4, -0.2) is 11.0 Å². The van der Waals surface area contributed by atoms with Crippen molar-refractivity contribution in [3.05, 3.63) is 77.1 Å². The number of anilines is 2. The fourth-order valence-corrected chi connectivity index (χ4v) is 2.66. The molecule has 4 nitrogen and oxygen atoms in total. The number of halogens is 1. The molecule has 0 aliphatic rings. The van der Waals surface area contributed by atoms with Gasteiger partial charge in [-0.15, -0.1) is 25.3 Å². The largest absolute Gasteiger partial charge is 0.323 e. The van der Waals surface area contributed by atoms with Crippen LogP contribution in [0.4, 0.5) is 16.2 Å². The average Bonchev–Trinajstić information content (AvgIpc) is 2.64. The molecule has 0 bridgehead atoms. The van der Waals surface area contributed by atoms with E-state index in [4.69, 9.17) is 11.6 Å². The summed E-state index contributed by atoms with van der Waals surface area (Å²) in [5, 5.41) is 5.72. The number of benzene rings is 2. The highest BCUT2D eigenvalue weighted by atomic mass is 35.5. The fourth-order valence-electron chi connectivity index (χ4n) is 2.17. The molecule has 1 heterocycles. The van der Waals surface area contributed by atoms with Crippen molar-refractivity contribution in [3.63, 3.8) is 0 Å². The van der Waals surface area contributed by atoms with E-state index in [0.717, 1.165) is 16.0 Å². The van der Waals surface area contributed by atoms with Crippen LogP contribution in [0.1, 0.15) is 11.1 Å². The number of nitrogens with one attached hydrogen (secondary N) is 2. The number of nitrogens with zero attached hydrogens (tertiary/aromatic N) is 1. The van der Waals surface area contributed by atoms with Crippen LogP contribution in [0.5, 0.6) is 0 Å². The van der Waals surface area contributed by atoms with Gasteiger partial charge in [0.2, 0.25) is 0 Å². The van der Waals surface area contributed by atoms with Crippen LogP contribution < -0.4 is 10.6 Å². The highest BCUT2D eigenvalue weighted by Gasteiger charge is 2.07. The van der Waals surface area contributed by atoms with Crippen LogP contribution in [0.25, 0.3) is 0 Å². The van der Waals surface area contributed by atoms with Crippen molar-refractivity contribution in [3.8, 4) is 11.8 Å². The maximum absolute atomic E-state index is 12.2. The van der Waals surface area contributed by atoms with Gasteiger partial charge >= 0.3 is 6.03 Å². The van der Waals surface area contributed by atoms with Crippen molar-refractivity contribution in [2.75, 3.05) is 10.6 Å². The van der Waals surface area contributed by atoms with Crippen molar-refractivity contribution in [1.82, 2.24) is 4.98 Å². The van der Waals surface area contributed by atoms with Gasteiger partial charge in [-0.2, -0.15) is 0 Å². The Morgan fingerprint density at radius 1 is 0.963 bits per heavy atom. The monoisotopic (exact) mass is 411 g/mol. The van der Waals surface area contributed by atoms with Gasteiger partial charge in [0.25, 0.3) is 0 Å². The minimum Gasteiger partial charge on any atom is -0.308 e. The number of carbonyl (C=O) groups excluding carboxylic acids is 1. The molecule has 27 heavy (non-hydrogen) atoms. The molecule has 0 aliphatic carbocycles. The third-order valence-electron chi connectivity index (χ3n) is 3.44. The number of amides is 2. The van der Waals surface area contributed by atoms with Gasteiger partial charge in [0.05, 0.1) is 5.69 Å². The molecular weight excluding hydrogens is 398 g/mol. The predicted octanol–water partition coefficient (Wildman–Crippen LogP) is 5.36. The number of thiol groups is 2. The second-order valence-corrected chi connectivity index (χ2v) is 6.87. The molecule has 0 radical (unpaired) electrons. The molecular formula is C20H14ClN3OS2. The normalized spacial score (nSPS) is 9.89. The highest BCUT2D eigenvalue weighted by Crippen LogP contribution is 2.22. The minimum absolute atomic E-state index is 0.270. The zero-order valence-corrected chi connectivity index (χ0v) is 16.4. The summed E-state index contributed by atoms with van der Waals surface area (Å²) >= 11 is 14.3. The predicted molar refractivity (Wildman–Crippen MR) is 115 cm³/mol. The maximum Gasteiger partial charge on any atom is 0.323 e. The SMILES string of the molecule is O=C(Nc1cccc(C#Cc2ccc(S)cc2)c1)Nc1cc(Cl)ncc1S. The van der Waals surface area contributed by atoms with E-state index in [1.807, 2.05) is 36.4 Å². The molecule has 2 aromatic carbocycles. The summed E-state index contributed by atoms with van der Waals surface area (Å²) in [6.45, 7) is 0. The first-order valence-corrected chi connectivity index (χ1v) is 9.10. The van der Waals surface area contributed by atoms with Crippen molar-refractivity contribution in [1.29, 1.82) is 0 Å². The summed E-state index contributed by atoms with van der Waals surface area (Å²) in [7, 11) is 0. The van der Waals surface area contributed by atoms with E-state index in [2.05, 4.69) is 52.7 Å². The van der Waals surface area contributed by atoms with Crippen LogP contribution in [0.3, 0.4) is 0 Å². The van der Waals surface area contributed by atoms with Crippen LogP contribution in [0.2, 0.25) is 5.15 Å². The Morgan fingerprint density at radius 3 is 2.48 bits per heavy atom. The minimum atomic E-state index is -0.415. The summed E-state index contributed by atoms with van der Waals surface area (Å²) in [5.74, 6) is 6.15. The van der Waals surface area contributed by atoms with Gasteiger partial charge in [-0.3, -0.25) is 0 Å². The van der Waals surface area contributed by atoms with Gasteiger partial charge in [-0.25, -0.2) is 9.78 Å². The number of carbonyl (C=O) groups is 1. The van der Waals surface area contributed by atoms with Gasteiger partial charge in [-0.1, -0.05) is 29.5 Å². The molecule has 2 N–H and O–H groups in total. The Balaban J connectivity index is 1.69. The number of pyridine rings is 1. The van der Waals surface area contributed by atoms with E-state index in [9.17, 15) is 4.79 Å². The van der Waals surface area contributed by atoms with Gasteiger partial charge in [-0.05, 0) is 42.5 Å². The zero-order chi connectivity index (χ0) is 19.2. The Hall–Kier alpha value is -2.59. The van der Waals surface area contributed by atoms with Gasteiger partial charge in [0.15, 0.2) is 0 Å². The van der Waals surface area contributed by atoms with E-state index in [1.165, 1.54) is 12.3 Å².